The summed E-state index contributed by atoms with van der Waals surface area (Å²) in [6.45, 7) is 5.87. The van der Waals surface area contributed by atoms with E-state index in [1.807, 2.05) is 18.2 Å². The normalized spacial score (nSPS) is 22.1. The minimum absolute atomic E-state index is 0.0500. The highest BCUT2D eigenvalue weighted by molar-refractivity contribution is 5.81. The highest BCUT2D eigenvalue weighted by atomic mass is 16.7. The van der Waals surface area contributed by atoms with Crippen LogP contribution in [0.4, 0.5) is 4.79 Å². The van der Waals surface area contributed by atoms with Gasteiger partial charge in [-0.1, -0.05) is 6.07 Å². The van der Waals surface area contributed by atoms with Gasteiger partial charge in [-0.3, -0.25) is 4.90 Å². The number of hydrogen-bond donors (Lipinski definition) is 1. The second-order valence-corrected chi connectivity index (χ2v) is 7.48. The maximum Gasteiger partial charge on any atom is 0.411 e. The SMILES string of the molecule is CC(C)(C)OC(=O)N1C[C@H](Cc2ccc3c(c2)OCO3)CC1C(=O)O. The monoisotopic (exact) mass is 349 g/mol. The maximum atomic E-state index is 12.3. The molecule has 7 nitrogen and oxygen atoms in total. The summed E-state index contributed by atoms with van der Waals surface area (Å²) in [4.78, 5) is 25.2. The average molecular weight is 349 g/mol. The molecule has 25 heavy (non-hydrogen) atoms. The first-order valence-electron chi connectivity index (χ1n) is 8.34. The molecule has 2 aliphatic rings. The molecular formula is C18H23NO6. The fourth-order valence-corrected chi connectivity index (χ4v) is 3.23. The Bertz CT molecular complexity index is 681. The van der Waals surface area contributed by atoms with Crippen LogP contribution in [0.5, 0.6) is 11.5 Å². The molecule has 1 saturated heterocycles. The van der Waals surface area contributed by atoms with Crippen LogP contribution in [0.1, 0.15) is 32.8 Å². The Morgan fingerprint density at radius 1 is 1.28 bits per heavy atom. The third kappa shape index (κ3) is 3.97. The molecule has 0 spiro atoms. The number of rotatable bonds is 3. The summed E-state index contributed by atoms with van der Waals surface area (Å²) in [5.74, 6) is 0.469. The molecule has 2 aliphatic heterocycles. The molecular weight excluding hydrogens is 326 g/mol. The van der Waals surface area contributed by atoms with E-state index < -0.39 is 23.7 Å². The summed E-state index contributed by atoms with van der Waals surface area (Å²) >= 11 is 0. The first kappa shape index (κ1) is 17.4. The quantitative estimate of drug-likeness (QED) is 0.903. The second-order valence-electron chi connectivity index (χ2n) is 7.48. The molecule has 1 amide bonds. The second kappa shape index (κ2) is 6.46. The molecule has 0 radical (unpaired) electrons. The van der Waals surface area contributed by atoms with Gasteiger partial charge in [0, 0.05) is 6.54 Å². The molecule has 0 aromatic heterocycles. The smallest absolute Gasteiger partial charge is 0.411 e. The largest absolute Gasteiger partial charge is 0.480 e. The van der Waals surface area contributed by atoms with Crippen LogP contribution in [-0.2, 0) is 16.0 Å². The predicted octanol–water partition coefficient (Wildman–Crippen LogP) is 2.67. The molecule has 2 atom stereocenters. The van der Waals surface area contributed by atoms with Crippen LogP contribution in [0.15, 0.2) is 18.2 Å². The van der Waals surface area contributed by atoms with E-state index in [0.29, 0.717) is 30.9 Å². The van der Waals surface area contributed by atoms with Crippen LogP contribution < -0.4 is 9.47 Å². The molecule has 2 heterocycles. The Balaban J connectivity index is 1.69. The van der Waals surface area contributed by atoms with Crippen LogP contribution in [-0.4, -0.2) is 47.0 Å². The molecule has 1 aromatic rings. The van der Waals surface area contributed by atoms with Crippen molar-refractivity contribution in [1.82, 2.24) is 4.90 Å². The van der Waals surface area contributed by atoms with Gasteiger partial charge >= 0.3 is 12.1 Å². The minimum Gasteiger partial charge on any atom is -0.480 e. The van der Waals surface area contributed by atoms with Crippen molar-refractivity contribution in [1.29, 1.82) is 0 Å². The lowest BCUT2D eigenvalue weighted by Gasteiger charge is -2.26. The molecule has 3 rings (SSSR count). The topological polar surface area (TPSA) is 85.3 Å². The van der Waals surface area contributed by atoms with Crippen molar-refractivity contribution in [2.24, 2.45) is 5.92 Å². The Morgan fingerprint density at radius 3 is 2.68 bits per heavy atom. The zero-order chi connectivity index (χ0) is 18.2. The van der Waals surface area contributed by atoms with E-state index in [4.69, 9.17) is 14.2 Å². The number of benzene rings is 1. The summed E-state index contributed by atoms with van der Waals surface area (Å²) in [6, 6.07) is 4.86. The standard InChI is InChI=1S/C18H23NO6/c1-18(2,3)25-17(22)19-9-12(7-13(19)16(20)21)6-11-4-5-14-15(8-11)24-10-23-14/h4-5,8,12-13H,6-7,9-10H2,1-3H3,(H,20,21)/t12-,13?/m1/s1. The van der Waals surface area contributed by atoms with Gasteiger partial charge in [-0.15, -0.1) is 0 Å². The minimum atomic E-state index is -1.00. The molecule has 136 valence electrons. The van der Waals surface area contributed by atoms with E-state index in [0.717, 1.165) is 5.56 Å². The molecule has 0 saturated carbocycles. The number of nitrogens with zero attached hydrogens (tertiary/aromatic N) is 1. The van der Waals surface area contributed by atoms with E-state index >= 15 is 0 Å². The van der Waals surface area contributed by atoms with Crippen LogP contribution in [0.25, 0.3) is 0 Å². The Labute approximate surface area is 146 Å². The summed E-state index contributed by atoms with van der Waals surface area (Å²) in [5, 5.41) is 9.46. The van der Waals surface area contributed by atoms with Crippen molar-refractivity contribution in [3.05, 3.63) is 23.8 Å². The van der Waals surface area contributed by atoms with Crippen LogP contribution >= 0.6 is 0 Å². The number of aliphatic carboxylic acids is 1. The summed E-state index contributed by atoms with van der Waals surface area (Å²) in [6.07, 6.45) is 0.496. The van der Waals surface area contributed by atoms with Crippen molar-refractivity contribution in [2.75, 3.05) is 13.3 Å². The lowest BCUT2D eigenvalue weighted by molar-refractivity contribution is -0.142. The van der Waals surface area contributed by atoms with E-state index in [-0.39, 0.29) is 12.7 Å². The Hall–Kier alpha value is -2.44. The number of carboxylic acids is 1. The van der Waals surface area contributed by atoms with Gasteiger partial charge in [0.2, 0.25) is 6.79 Å². The van der Waals surface area contributed by atoms with E-state index in [9.17, 15) is 14.7 Å². The maximum absolute atomic E-state index is 12.3. The predicted molar refractivity (Wildman–Crippen MR) is 88.7 cm³/mol. The molecule has 1 fully saturated rings. The van der Waals surface area contributed by atoms with Gasteiger partial charge < -0.3 is 19.3 Å². The summed E-state index contributed by atoms with van der Waals surface area (Å²) in [5.41, 5.74) is 0.375. The number of likely N-dealkylation sites (tertiary alicyclic amines) is 1. The Morgan fingerprint density at radius 2 is 2.00 bits per heavy atom. The van der Waals surface area contributed by atoms with Gasteiger partial charge in [0.1, 0.15) is 11.6 Å². The van der Waals surface area contributed by atoms with Crippen molar-refractivity contribution in [2.45, 2.75) is 45.3 Å². The van der Waals surface area contributed by atoms with Gasteiger partial charge in [-0.05, 0) is 57.2 Å². The van der Waals surface area contributed by atoms with Crippen molar-refractivity contribution in [3.8, 4) is 11.5 Å². The van der Waals surface area contributed by atoms with E-state index in [1.54, 1.807) is 20.8 Å². The fraction of sp³-hybridized carbons (Fsp3) is 0.556. The van der Waals surface area contributed by atoms with Crippen LogP contribution in [0.2, 0.25) is 0 Å². The van der Waals surface area contributed by atoms with E-state index in [2.05, 4.69) is 0 Å². The Kier molecular flexibility index (Phi) is 4.49. The number of carbonyl (C=O) groups excluding carboxylic acids is 1. The summed E-state index contributed by atoms with van der Waals surface area (Å²) in [7, 11) is 0. The van der Waals surface area contributed by atoms with Gasteiger partial charge in [0.15, 0.2) is 11.5 Å². The van der Waals surface area contributed by atoms with Gasteiger partial charge in [-0.25, -0.2) is 9.59 Å². The van der Waals surface area contributed by atoms with Crippen LogP contribution in [0.3, 0.4) is 0 Å². The zero-order valence-corrected chi connectivity index (χ0v) is 14.7. The van der Waals surface area contributed by atoms with Gasteiger partial charge in [-0.2, -0.15) is 0 Å². The van der Waals surface area contributed by atoms with Crippen molar-refractivity contribution >= 4 is 12.1 Å². The number of carbonyl (C=O) groups is 2. The molecule has 1 N–H and O–H groups in total. The third-order valence-electron chi connectivity index (χ3n) is 4.26. The molecule has 0 bridgehead atoms. The zero-order valence-electron chi connectivity index (χ0n) is 14.7. The van der Waals surface area contributed by atoms with Crippen molar-refractivity contribution in [3.63, 3.8) is 0 Å². The molecule has 0 aliphatic carbocycles. The highest BCUT2D eigenvalue weighted by Gasteiger charge is 2.41. The molecule has 1 unspecified atom stereocenters. The lowest BCUT2D eigenvalue weighted by Crippen LogP contribution is -2.43. The lowest BCUT2D eigenvalue weighted by atomic mass is 9.96. The number of hydrogen-bond acceptors (Lipinski definition) is 5. The average Bonchev–Trinajstić information content (AvgIpc) is 3.11. The fourth-order valence-electron chi connectivity index (χ4n) is 3.23. The van der Waals surface area contributed by atoms with Gasteiger partial charge in [0.25, 0.3) is 0 Å². The number of carboxylic acid groups (broad SMARTS) is 1. The third-order valence-corrected chi connectivity index (χ3v) is 4.26. The number of ether oxygens (including phenoxy) is 3. The number of amides is 1. The van der Waals surface area contributed by atoms with E-state index in [1.165, 1.54) is 4.90 Å². The molecule has 7 heteroatoms. The first-order valence-corrected chi connectivity index (χ1v) is 8.34. The van der Waals surface area contributed by atoms with Gasteiger partial charge in [0.05, 0.1) is 0 Å². The summed E-state index contributed by atoms with van der Waals surface area (Å²) < 4.78 is 16.0. The van der Waals surface area contributed by atoms with Crippen molar-refractivity contribution < 1.29 is 28.9 Å². The van der Waals surface area contributed by atoms with Crippen LogP contribution in [0, 0.1) is 5.92 Å². The molecule has 1 aromatic carbocycles. The first-order chi connectivity index (χ1) is 11.7. The number of fused-ring (bicyclic) bond motifs is 1. The highest BCUT2D eigenvalue weighted by Crippen LogP contribution is 2.35.